The van der Waals surface area contributed by atoms with Gasteiger partial charge in [-0.2, -0.15) is 0 Å². The number of hydrogen-bond donors (Lipinski definition) is 4. The quantitative estimate of drug-likeness (QED) is 0.256. The predicted molar refractivity (Wildman–Crippen MR) is 148 cm³/mol. The van der Waals surface area contributed by atoms with Crippen LogP contribution in [0.3, 0.4) is 0 Å². The van der Waals surface area contributed by atoms with Crippen molar-refractivity contribution in [2.75, 3.05) is 57.6 Å². The normalized spacial score (nSPS) is 15.4. The lowest BCUT2D eigenvalue weighted by Crippen LogP contribution is -2.54. The number of anilines is 3. The molecule has 1 aliphatic rings. The van der Waals surface area contributed by atoms with E-state index < -0.39 is 11.9 Å². The predicted octanol–water partition coefficient (Wildman–Crippen LogP) is 2.56. The van der Waals surface area contributed by atoms with Gasteiger partial charge in [-0.25, -0.2) is 14.4 Å². The third-order valence-electron chi connectivity index (χ3n) is 6.86. The molecule has 5 N–H and O–H groups in total. The molecule has 0 radical (unpaired) electrons. The van der Waals surface area contributed by atoms with E-state index in [0.717, 1.165) is 32.4 Å². The van der Waals surface area contributed by atoms with Gasteiger partial charge in [-0.05, 0) is 25.2 Å². The van der Waals surface area contributed by atoms with Crippen LogP contribution in [0, 0.1) is 5.82 Å². The van der Waals surface area contributed by atoms with Gasteiger partial charge in [-0.15, -0.1) is 0 Å². The van der Waals surface area contributed by atoms with E-state index in [0.29, 0.717) is 40.1 Å². The van der Waals surface area contributed by atoms with E-state index in [1.807, 2.05) is 18.2 Å². The maximum atomic E-state index is 15.0. The van der Waals surface area contributed by atoms with Crippen LogP contribution in [-0.2, 0) is 16.1 Å². The van der Waals surface area contributed by atoms with Gasteiger partial charge in [-0.3, -0.25) is 14.7 Å². The topological polar surface area (TPSA) is 137 Å². The lowest BCUT2D eigenvalue weighted by atomic mass is 10.1. The Labute approximate surface area is 225 Å². The first-order chi connectivity index (χ1) is 19.0. The van der Waals surface area contributed by atoms with Gasteiger partial charge < -0.3 is 31.0 Å². The molecule has 11 nitrogen and oxygen atoms in total. The molecule has 12 heteroatoms. The number of nitrogens with two attached hydrogens (primary N) is 1. The number of nitrogens with zero attached hydrogens (tertiary/aromatic N) is 5. The second kappa shape index (κ2) is 11.8. The van der Waals surface area contributed by atoms with Crippen molar-refractivity contribution in [3.8, 4) is 11.3 Å². The van der Waals surface area contributed by atoms with Crippen LogP contribution in [-0.4, -0.2) is 88.6 Å². The minimum atomic E-state index is -0.566. The van der Waals surface area contributed by atoms with Crippen molar-refractivity contribution in [2.24, 2.45) is 5.73 Å². The number of methoxy groups -OCH3 is 1. The SMILES string of the molecule is COC[C@H](C(=O)Nc1cccc2c(-c3nc(Nc4ccnc(CN)c4)ncc3F)c[nH]c12)N1CCN(C)CC1. The molecule has 4 aromatic rings. The Hall–Kier alpha value is -3.97. The van der Waals surface area contributed by atoms with Crippen molar-refractivity contribution in [3.05, 3.63) is 60.4 Å². The molecular weight excluding hydrogens is 501 g/mol. The van der Waals surface area contributed by atoms with Crippen molar-refractivity contribution in [1.82, 2.24) is 29.7 Å². The molecule has 1 saturated heterocycles. The molecule has 1 aliphatic heterocycles. The van der Waals surface area contributed by atoms with E-state index >= 15 is 0 Å². The van der Waals surface area contributed by atoms with E-state index in [-0.39, 0.29) is 24.2 Å². The molecule has 3 aromatic heterocycles. The molecule has 4 heterocycles. The standard InChI is InChI=1S/C27H32FN9O2/c1-36-8-10-37(11-9-36)23(16-39-2)26(38)34-22-5-3-4-19-20(14-31-25(19)22)24-21(28)15-32-27(35-24)33-17-6-7-30-18(12-17)13-29/h3-7,12,14-15,23,31H,8-11,13,16,29H2,1-2H3,(H,34,38)(H,30,32,33,35)/t23-/m1/s1. The number of carbonyl (C=O) groups is 1. The number of carbonyl (C=O) groups excluding carboxylic acids is 1. The largest absolute Gasteiger partial charge is 0.383 e. The second-order valence-corrected chi connectivity index (χ2v) is 9.49. The molecule has 0 unspecified atom stereocenters. The highest BCUT2D eigenvalue weighted by molar-refractivity contribution is 6.06. The van der Waals surface area contributed by atoms with Crippen LogP contribution in [0.1, 0.15) is 5.69 Å². The monoisotopic (exact) mass is 533 g/mol. The molecule has 1 aromatic carbocycles. The number of para-hydroxylation sites is 1. The lowest BCUT2D eigenvalue weighted by molar-refractivity contribution is -0.124. The smallest absolute Gasteiger partial charge is 0.244 e. The fourth-order valence-electron chi connectivity index (χ4n) is 4.72. The van der Waals surface area contributed by atoms with Crippen molar-refractivity contribution >= 4 is 34.1 Å². The number of H-pyrrole nitrogens is 1. The van der Waals surface area contributed by atoms with Crippen molar-refractivity contribution < 1.29 is 13.9 Å². The summed E-state index contributed by atoms with van der Waals surface area (Å²) in [5.74, 6) is -0.489. The average molecular weight is 534 g/mol. The zero-order valence-corrected chi connectivity index (χ0v) is 21.9. The Morgan fingerprint density at radius 1 is 1.23 bits per heavy atom. The fourth-order valence-corrected chi connectivity index (χ4v) is 4.72. The number of pyridine rings is 1. The number of aromatic amines is 1. The third-order valence-corrected chi connectivity index (χ3v) is 6.86. The van der Waals surface area contributed by atoms with E-state index in [1.165, 1.54) is 0 Å². The highest BCUT2D eigenvalue weighted by Crippen LogP contribution is 2.33. The molecule has 1 fully saturated rings. The maximum absolute atomic E-state index is 15.0. The van der Waals surface area contributed by atoms with Gasteiger partial charge in [0.15, 0.2) is 5.82 Å². The first-order valence-electron chi connectivity index (χ1n) is 12.7. The van der Waals surface area contributed by atoms with Crippen LogP contribution in [0.15, 0.2) is 48.9 Å². The zero-order chi connectivity index (χ0) is 27.4. The molecular formula is C27H32FN9O2. The summed E-state index contributed by atoms with van der Waals surface area (Å²) < 4.78 is 20.3. The number of aromatic nitrogens is 4. The summed E-state index contributed by atoms with van der Waals surface area (Å²) in [7, 11) is 3.67. The fraction of sp³-hybridized carbons (Fsp3) is 0.333. The zero-order valence-electron chi connectivity index (χ0n) is 21.9. The van der Waals surface area contributed by atoms with Crippen LogP contribution in [0.5, 0.6) is 0 Å². The summed E-state index contributed by atoms with van der Waals surface area (Å²) in [6.45, 7) is 3.92. The molecule has 1 atom stereocenters. The van der Waals surface area contributed by atoms with Crippen molar-refractivity contribution in [2.45, 2.75) is 12.6 Å². The molecule has 204 valence electrons. The van der Waals surface area contributed by atoms with Gasteiger partial charge in [0.1, 0.15) is 11.7 Å². The first-order valence-corrected chi connectivity index (χ1v) is 12.7. The number of halogens is 1. The molecule has 0 spiro atoms. The van der Waals surface area contributed by atoms with Crippen molar-refractivity contribution in [1.29, 1.82) is 0 Å². The van der Waals surface area contributed by atoms with Crippen LogP contribution >= 0.6 is 0 Å². The Bertz CT molecular complexity index is 1450. The number of piperazine rings is 1. The number of hydrogen-bond acceptors (Lipinski definition) is 9. The van der Waals surface area contributed by atoms with Gasteiger partial charge in [-0.1, -0.05) is 12.1 Å². The highest BCUT2D eigenvalue weighted by Gasteiger charge is 2.29. The number of nitrogens with one attached hydrogen (secondary N) is 3. The van der Waals surface area contributed by atoms with Crippen LogP contribution in [0.2, 0.25) is 0 Å². The summed E-state index contributed by atoms with van der Waals surface area (Å²) in [5.41, 5.74) is 9.02. The molecule has 5 rings (SSSR count). The second-order valence-electron chi connectivity index (χ2n) is 9.49. The summed E-state index contributed by atoms with van der Waals surface area (Å²) in [6.07, 6.45) is 4.44. The minimum absolute atomic E-state index is 0.130. The minimum Gasteiger partial charge on any atom is -0.383 e. The number of likely N-dealkylation sites (N-methyl/N-ethyl adjacent to an activating group) is 1. The van der Waals surface area contributed by atoms with E-state index in [9.17, 15) is 9.18 Å². The highest BCUT2D eigenvalue weighted by atomic mass is 19.1. The summed E-state index contributed by atoms with van der Waals surface area (Å²) in [4.78, 5) is 33.6. The Kier molecular flexibility index (Phi) is 8.07. The summed E-state index contributed by atoms with van der Waals surface area (Å²) >= 11 is 0. The number of amides is 1. The lowest BCUT2D eigenvalue weighted by Gasteiger charge is -2.36. The Balaban J connectivity index is 1.41. The van der Waals surface area contributed by atoms with Crippen molar-refractivity contribution in [3.63, 3.8) is 0 Å². The number of benzene rings is 1. The number of rotatable bonds is 9. The number of ether oxygens (including phenoxy) is 1. The van der Waals surface area contributed by atoms with Gasteiger partial charge in [0, 0.05) is 68.9 Å². The molecule has 0 saturated carbocycles. The molecule has 39 heavy (non-hydrogen) atoms. The van der Waals surface area contributed by atoms with E-state index in [4.69, 9.17) is 10.5 Å². The van der Waals surface area contributed by atoms with Crippen LogP contribution in [0.4, 0.5) is 21.7 Å². The van der Waals surface area contributed by atoms with Gasteiger partial charge in [0.25, 0.3) is 0 Å². The third kappa shape index (κ3) is 5.88. The molecule has 1 amide bonds. The van der Waals surface area contributed by atoms with Gasteiger partial charge in [0.2, 0.25) is 11.9 Å². The van der Waals surface area contributed by atoms with Crippen LogP contribution < -0.4 is 16.4 Å². The summed E-state index contributed by atoms with van der Waals surface area (Å²) in [6, 6.07) is 8.61. The van der Waals surface area contributed by atoms with Gasteiger partial charge >= 0.3 is 0 Å². The maximum Gasteiger partial charge on any atom is 0.244 e. The van der Waals surface area contributed by atoms with E-state index in [1.54, 1.807) is 31.6 Å². The van der Waals surface area contributed by atoms with Gasteiger partial charge in [0.05, 0.1) is 29.7 Å². The number of fused-ring (bicyclic) bond motifs is 1. The average Bonchev–Trinajstić information content (AvgIpc) is 3.38. The molecule has 0 bridgehead atoms. The Morgan fingerprint density at radius 3 is 2.82 bits per heavy atom. The van der Waals surface area contributed by atoms with E-state index in [2.05, 4.69) is 47.4 Å². The summed E-state index contributed by atoms with van der Waals surface area (Å²) in [5, 5.41) is 6.85. The Morgan fingerprint density at radius 2 is 2.05 bits per heavy atom. The van der Waals surface area contributed by atoms with Crippen LogP contribution in [0.25, 0.3) is 22.2 Å². The first kappa shape index (κ1) is 26.6. The molecule has 0 aliphatic carbocycles.